The molecule has 0 aromatic carbocycles. The van der Waals surface area contributed by atoms with Crippen molar-refractivity contribution in [2.45, 2.75) is 32.1 Å². The molecule has 0 amide bonds. The van der Waals surface area contributed by atoms with Crippen LogP contribution < -0.4 is 0 Å². The summed E-state index contributed by atoms with van der Waals surface area (Å²) < 4.78 is 0. The Balaban J connectivity index is 0. The van der Waals surface area contributed by atoms with Gasteiger partial charge in [0.05, 0.1) is 0 Å². The molecule has 0 aromatic rings. The van der Waals surface area contributed by atoms with Crippen molar-refractivity contribution >= 4 is 0 Å². The van der Waals surface area contributed by atoms with Crippen LogP contribution in [0.2, 0.25) is 0 Å². The molecule has 0 nitrogen and oxygen atoms in total. The molecule has 0 unspecified atom stereocenters. The van der Waals surface area contributed by atoms with Gasteiger partial charge in [-0.05, 0) is 0 Å². The Hall–Kier alpha value is 1.38. The quantitative estimate of drug-likeness (QED) is 0.496. The Morgan fingerprint density at radius 2 is 1.25 bits per heavy atom. The van der Waals surface area contributed by atoms with Gasteiger partial charge in [-0.1, -0.05) is 19.3 Å². The van der Waals surface area contributed by atoms with E-state index in [0.29, 0.717) is 0 Å². The van der Waals surface area contributed by atoms with E-state index in [-0.39, 0.29) is 42.1 Å². The van der Waals surface area contributed by atoms with Crippen LogP contribution in [0.4, 0.5) is 0 Å². The molecule has 8 heavy (non-hydrogen) atoms. The smallest absolute Gasteiger partial charge is 0 e. The SMILES string of the molecule is [CH-]1CCCCC1.[W].[W]. The molecule has 1 fully saturated rings. The van der Waals surface area contributed by atoms with Gasteiger partial charge in [0.1, 0.15) is 0 Å². The summed E-state index contributed by atoms with van der Waals surface area (Å²) >= 11 is 0. The molecular formula is C6H11W2-. The molecule has 0 aliphatic heterocycles. The minimum Gasteiger partial charge on any atom is -0.328 e. The van der Waals surface area contributed by atoms with Gasteiger partial charge < -0.3 is 6.42 Å². The van der Waals surface area contributed by atoms with Crippen molar-refractivity contribution in [3.63, 3.8) is 0 Å². The van der Waals surface area contributed by atoms with Gasteiger partial charge in [-0.15, -0.1) is 0 Å². The van der Waals surface area contributed by atoms with Crippen LogP contribution >= 0.6 is 0 Å². The third-order valence-corrected chi connectivity index (χ3v) is 1.32. The Morgan fingerprint density at radius 3 is 1.38 bits per heavy atom. The van der Waals surface area contributed by atoms with Gasteiger partial charge in [0.2, 0.25) is 0 Å². The van der Waals surface area contributed by atoms with Crippen LogP contribution in [0.1, 0.15) is 32.1 Å². The van der Waals surface area contributed by atoms with Gasteiger partial charge in [-0.25, -0.2) is 0 Å². The van der Waals surface area contributed by atoms with Crippen LogP contribution in [0.5, 0.6) is 0 Å². The molecule has 0 spiro atoms. The van der Waals surface area contributed by atoms with Crippen molar-refractivity contribution in [1.82, 2.24) is 0 Å². The van der Waals surface area contributed by atoms with Crippen LogP contribution in [0.15, 0.2) is 0 Å². The molecule has 0 radical (unpaired) electrons. The zero-order valence-corrected chi connectivity index (χ0v) is 10.8. The first-order valence-electron chi connectivity index (χ1n) is 2.82. The van der Waals surface area contributed by atoms with E-state index in [0.717, 1.165) is 0 Å². The molecule has 2 heteroatoms. The summed E-state index contributed by atoms with van der Waals surface area (Å²) in [5.74, 6) is 0. The first-order valence-corrected chi connectivity index (χ1v) is 2.82. The second-order valence-electron chi connectivity index (χ2n) is 1.93. The van der Waals surface area contributed by atoms with Gasteiger partial charge in [-0.3, -0.25) is 0 Å². The predicted molar refractivity (Wildman–Crippen MR) is 27.4 cm³/mol. The normalized spacial score (nSPS) is 18.0. The molecule has 0 N–H and O–H groups in total. The van der Waals surface area contributed by atoms with Crippen molar-refractivity contribution in [3.8, 4) is 0 Å². The van der Waals surface area contributed by atoms with Crippen LogP contribution in [-0.4, -0.2) is 0 Å². The maximum Gasteiger partial charge on any atom is 0 e. The van der Waals surface area contributed by atoms with E-state index < -0.39 is 0 Å². The molecule has 0 saturated heterocycles. The van der Waals surface area contributed by atoms with E-state index in [1.165, 1.54) is 32.1 Å². The Labute approximate surface area is 80.3 Å². The van der Waals surface area contributed by atoms with Crippen molar-refractivity contribution in [1.29, 1.82) is 0 Å². The topological polar surface area (TPSA) is 0 Å². The predicted octanol–water partition coefficient (Wildman–Crippen LogP) is 2.15. The third kappa shape index (κ3) is 5.51. The van der Waals surface area contributed by atoms with Crippen LogP contribution in [0, 0.1) is 6.42 Å². The molecule has 1 saturated carbocycles. The zero-order chi connectivity index (χ0) is 4.24. The molecule has 0 aromatic heterocycles. The Morgan fingerprint density at radius 1 is 0.750 bits per heavy atom. The van der Waals surface area contributed by atoms with E-state index in [4.69, 9.17) is 0 Å². The van der Waals surface area contributed by atoms with E-state index in [9.17, 15) is 0 Å². The van der Waals surface area contributed by atoms with Crippen molar-refractivity contribution in [2.24, 2.45) is 0 Å². The fourth-order valence-electron chi connectivity index (χ4n) is 0.898. The molecule has 1 aliphatic carbocycles. The van der Waals surface area contributed by atoms with Crippen LogP contribution in [0.25, 0.3) is 0 Å². The summed E-state index contributed by atoms with van der Waals surface area (Å²) in [5.41, 5.74) is 0. The first kappa shape index (κ1) is 12.1. The van der Waals surface area contributed by atoms with E-state index in [1.54, 1.807) is 0 Å². The number of rotatable bonds is 0. The fourth-order valence-corrected chi connectivity index (χ4v) is 0.898. The maximum atomic E-state index is 2.39. The number of hydrogen-bond donors (Lipinski definition) is 0. The molecule has 0 heterocycles. The molecule has 48 valence electrons. The maximum absolute atomic E-state index is 2.39. The monoisotopic (exact) mass is 451 g/mol. The molecule has 1 aliphatic rings. The largest absolute Gasteiger partial charge is 0.328 e. The minimum absolute atomic E-state index is 0. The summed E-state index contributed by atoms with van der Waals surface area (Å²) in [6, 6.07) is 0. The van der Waals surface area contributed by atoms with E-state index in [1.807, 2.05) is 0 Å². The van der Waals surface area contributed by atoms with Crippen molar-refractivity contribution in [2.75, 3.05) is 0 Å². The van der Waals surface area contributed by atoms with Crippen molar-refractivity contribution in [3.05, 3.63) is 6.42 Å². The second-order valence-corrected chi connectivity index (χ2v) is 1.93. The van der Waals surface area contributed by atoms with Gasteiger partial charge in [0, 0.05) is 42.1 Å². The first-order chi connectivity index (χ1) is 3.00. The van der Waals surface area contributed by atoms with Crippen LogP contribution in [-0.2, 0) is 42.1 Å². The summed E-state index contributed by atoms with van der Waals surface area (Å²) in [6.07, 6.45) is 9.50. The molecule has 0 atom stereocenters. The molecule has 0 bridgehead atoms. The fraction of sp³-hybridized carbons (Fsp3) is 0.833. The van der Waals surface area contributed by atoms with Crippen LogP contribution in [0.3, 0.4) is 0 Å². The Kier molecular flexibility index (Phi) is 12.7. The average molecular weight is 451 g/mol. The minimum atomic E-state index is 0. The van der Waals surface area contributed by atoms with Crippen molar-refractivity contribution < 1.29 is 42.1 Å². The van der Waals surface area contributed by atoms with Gasteiger partial charge in [-0.2, -0.15) is 12.8 Å². The zero-order valence-electron chi connectivity index (χ0n) is 4.93. The average Bonchev–Trinajstić information content (AvgIpc) is 1.72. The number of hydrogen-bond acceptors (Lipinski definition) is 0. The van der Waals surface area contributed by atoms with Gasteiger partial charge in [0.25, 0.3) is 0 Å². The second kappa shape index (κ2) is 8.38. The van der Waals surface area contributed by atoms with Gasteiger partial charge in [0.15, 0.2) is 0 Å². The molecule has 1 rings (SSSR count). The van der Waals surface area contributed by atoms with E-state index >= 15 is 0 Å². The Bertz CT molecular complexity index is 22.0. The summed E-state index contributed by atoms with van der Waals surface area (Å²) in [5, 5.41) is 0. The van der Waals surface area contributed by atoms with Gasteiger partial charge >= 0.3 is 0 Å². The molecular weight excluding hydrogens is 440 g/mol. The van der Waals surface area contributed by atoms with E-state index in [2.05, 4.69) is 6.42 Å². The summed E-state index contributed by atoms with van der Waals surface area (Å²) in [6.45, 7) is 0. The standard InChI is InChI=1S/C6H11.2W/c1-2-4-6-5-3-1;;/h1H,2-6H2;;/q-1;;. The summed E-state index contributed by atoms with van der Waals surface area (Å²) in [7, 11) is 0. The third-order valence-electron chi connectivity index (χ3n) is 1.32. The summed E-state index contributed by atoms with van der Waals surface area (Å²) in [4.78, 5) is 0.